The van der Waals surface area contributed by atoms with Crippen molar-refractivity contribution in [2.45, 2.75) is 18.7 Å². The summed E-state index contributed by atoms with van der Waals surface area (Å²) in [6.07, 6.45) is -3.22. The van der Waals surface area contributed by atoms with Crippen LogP contribution in [0.2, 0.25) is 0 Å². The molecule has 1 heterocycles. The fraction of sp³-hybridized carbons (Fsp3) is 0.250. The number of nitrogens with zero attached hydrogens (tertiary/aromatic N) is 1. The molecular weight excluding hydrogens is 263 g/mol. The number of rotatable bonds is 3. The predicted molar refractivity (Wildman–Crippen MR) is 62.2 cm³/mol. The van der Waals surface area contributed by atoms with E-state index in [4.69, 9.17) is 0 Å². The Morgan fingerprint density at radius 1 is 1.22 bits per heavy atom. The molecule has 2 aromatic rings. The predicted octanol–water partition coefficient (Wildman–Crippen LogP) is 3.44. The van der Waals surface area contributed by atoms with Crippen LogP contribution in [-0.2, 0) is 12.6 Å². The molecule has 0 fully saturated rings. The van der Waals surface area contributed by atoms with E-state index in [-0.39, 0.29) is 6.42 Å². The van der Waals surface area contributed by atoms with Gasteiger partial charge in [0.05, 0.1) is 22.1 Å². The van der Waals surface area contributed by atoms with Crippen LogP contribution in [-0.4, -0.2) is 10.1 Å². The Hall–Kier alpha value is -1.40. The Morgan fingerprint density at radius 3 is 2.39 bits per heavy atom. The SMILES string of the molecule is OC(Cc1ccc(C(F)(F)F)cc1)c1cncs1. The molecule has 1 aromatic heterocycles. The number of aliphatic hydroxyl groups excluding tert-OH is 1. The molecular formula is C12H10F3NOS. The van der Waals surface area contributed by atoms with E-state index in [2.05, 4.69) is 4.98 Å². The topological polar surface area (TPSA) is 33.1 Å². The molecule has 0 aliphatic carbocycles. The lowest BCUT2D eigenvalue weighted by Gasteiger charge is -2.10. The summed E-state index contributed by atoms with van der Waals surface area (Å²) in [7, 11) is 0. The summed E-state index contributed by atoms with van der Waals surface area (Å²) in [6.45, 7) is 0. The molecule has 1 N–H and O–H groups in total. The van der Waals surface area contributed by atoms with E-state index in [1.807, 2.05) is 0 Å². The molecule has 0 amide bonds. The van der Waals surface area contributed by atoms with Crippen molar-refractivity contribution in [3.63, 3.8) is 0 Å². The summed E-state index contributed by atoms with van der Waals surface area (Å²) < 4.78 is 37.0. The standard InChI is InChI=1S/C12H10F3NOS/c13-12(14,15)9-3-1-8(2-4-9)5-10(17)11-6-16-7-18-11/h1-4,6-7,10,17H,5H2. The van der Waals surface area contributed by atoms with Crippen molar-refractivity contribution in [1.82, 2.24) is 4.98 Å². The van der Waals surface area contributed by atoms with Crippen LogP contribution in [0.15, 0.2) is 36.0 Å². The van der Waals surface area contributed by atoms with Gasteiger partial charge in [-0.15, -0.1) is 11.3 Å². The molecule has 0 bridgehead atoms. The van der Waals surface area contributed by atoms with Crippen LogP contribution < -0.4 is 0 Å². The highest BCUT2D eigenvalue weighted by Crippen LogP contribution is 2.30. The van der Waals surface area contributed by atoms with Crippen LogP contribution in [0.4, 0.5) is 13.2 Å². The summed E-state index contributed by atoms with van der Waals surface area (Å²) in [5.74, 6) is 0. The molecule has 96 valence electrons. The van der Waals surface area contributed by atoms with Crippen molar-refractivity contribution in [1.29, 1.82) is 0 Å². The molecule has 1 atom stereocenters. The zero-order valence-corrected chi connectivity index (χ0v) is 10.0. The van der Waals surface area contributed by atoms with Gasteiger partial charge in [-0.3, -0.25) is 4.98 Å². The van der Waals surface area contributed by atoms with Gasteiger partial charge in [0, 0.05) is 12.6 Å². The lowest BCUT2D eigenvalue weighted by atomic mass is 10.1. The van der Waals surface area contributed by atoms with Crippen LogP contribution >= 0.6 is 11.3 Å². The van der Waals surface area contributed by atoms with E-state index >= 15 is 0 Å². The van der Waals surface area contributed by atoms with Crippen molar-refractivity contribution >= 4 is 11.3 Å². The minimum absolute atomic E-state index is 0.278. The van der Waals surface area contributed by atoms with Gasteiger partial charge in [-0.2, -0.15) is 13.2 Å². The smallest absolute Gasteiger partial charge is 0.387 e. The maximum atomic E-state index is 12.3. The number of halogens is 3. The second-order valence-electron chi connectivity index (χ2n) is 3.82. The van der Waals surface area contributed by atoms with E-state index in [1.54, 1.807) is 11.7 Å². The second kappa shape index (κ2) is 5.07. The van der Waals surface area contributed by atoms with Crippen LogP contribution in [0.1, 0.15) is 22.1 Å². The van der Waals surface area contributed by atoms with E-state index < -0.39 is 17.8 Å². The average Bonchev–Trinajstić information content (AvgIpc) is 2.82. The van der Waals surface area contributed by atoms with Gasteiger partial charge in [0.15, 0.2) is 0 Å². The summed E-state index contributed by atoms with van der Waals surface area (Å²) in [6, 6.07) is 4.81. The van der Waals surface area contributed by atoms with E-state index in [0.29, 0.717) is 10.4 Å². The monoisotopic (exact) mass is 273 g/mol. The number of benzene rings is 1. The molecule has 0 aliphatic rings. The first-order chi connectivity index (χ1) is 8.47. The third kappa shape index (κ3) is 3.08. The summed E-state index contributed by atoms with van der Waals surface area (Å²) in [5.41, 5.74) is 1.58. The van der Waals surface area contributed by atoms with Gasteiger partial charge in [-0.1, -0.05) is 12.1 Å². The van der Waals surface area contributed by atoms with E-state index in [1.165, 1.54) is 23.5 Å². The zero-order valence-electron chi connectivity index (χ0n) is 9.19. The van der Waals surface area contributed by atoms with Gasteiger partial charge in [-0.05, 0) is 17.7 Å². The summed E-state index contributed by atoms with van der Waals surface area (Å²) in [4.78, 5) is 4.54. The quantitative estimate of drug-likeness (QED) is 0.929. The maximum absolute atomic E-state index is 12.3. The molecule has 0 spiro atoms. The van der Waals surface area contributed by atoms with Gasteiger partial charge >= 0.3 is 6.18 Å². The average molecular weight is 273 g/mol. The normalized spacial score (nSPS) is 13.6. The van der Waals surface area contributed by atoms with Crippen molar-refractivity contribution in [3.05, 3.63) is 52.0 Å². The highest BCUT2D eigenvalue weighted by atomic mass is 32.1. The van der Waals surface area contributed by atoms with Gasteiger partial charge in [0.25, 0.3) is 0 Å². The van der Waals surface area contributed by atoms with Crippen molar-refractivity contribution in [2.75, 3.05) is 0 Å². The molecule has 2 rings (SSSR count). The van der Waals surface area contributed by atoms with Crippen LogP contribution in [0, 0.1) is 0 Å². The number of aromatic nitrogens is 1. The minimum Gasteiger partial charge on any atom is -0.387 e. The van der Waals surface area contributed by atoms with Crippen molar-refractivity contribution in [3.8, 4) is 0 Å². The fourth-order valence-corrected chi connectivity index (χ4v) is 2.15. The number of thiazole rings is 1. The molecule has 0 aliphatic heterocycles. The molecule has 0 radical (unpaired) electrons. The van der Waals surface area contributed by atoms with Crippen LogP contribution in [0.5, 0.6) is 0 Å². The highest BCUT2D eigenvalue weighted by Gasteiger charge is 2.29. The first-order valence-electron chi connectivity index (χ1n) is 5.19. The lowest BCUT2D eigenvalue weighted by molar-refractivity contribution is -0.137. The van der Waals surface area contributed by atoms with Crippen LogP contribution in [0.25, 0.3) is 0 Å². The number of alkyl halides is 3. The lowest BCUT2D eigenvalue weighted by Crippen LogP contribution is -2.05. The third-order valence-electron chi connectivity index (χ3n) is 2.49. The maximum Gasteiger partial charge on any atom is 0.416 e. The molecule has 1 unspecified atom stereocenters. The Kier molecular flexibility index (Phi) is 3.68. The Morgan fingerprint density at radius 2 is 1.89 bits per heavy atom. The number of hydrogen-bond acceptors (Lipinski definition) is 3. The van der Waals surface area contributed by atoms with Gasteiger partial charge in [0.1, 0.15) is 0 Å². The van der Waals surface area contributed by atoms with Gasteiger partial charge in [-0.25, -0.2) is 0 Å². The Bertz CT molecular complexity index is 493. The molecule has 1 aromatic carbocycles. The Labute approximate surface area is 106 Å². The third-order valence-corrected chi connectivity index (χ3v) is 3.37. The largest absolute Gasteiger partial charge is 0.416 e. The molecule has 18 heavy (non-hydrogen) atoms. The van der Waals surface area contributed by atoms with Gasteiger partial charge in [0.2, 0.25) is 0 Å². The first kappa shape index (κ1) is 13.0. The second-order valence-corrected chi connectivity index (χ2v) is 4.74. The number of aliphatic hydroxyl groups is 1. The fourth-order valence-electron chi connectivity index (χ4n) is 1.54. The van der Waals surface area contributed by atoms with E-state index in [9.17, 15) is 18.3 Å². The summed E-state index contributed by atoms with van der Waals surface area (Å²) >= 11 is 1.32. The molecule has 6 heteroatoms. The first-order valence-corrected chi connectivity index (χ1v) is 6.07. The highest BCUT2D eigenvalue weighted by molar-refractivity contribution is 7.09. The van der Waals surface area contributed by atoms with Gasteiger partial charge < -0.3 is 5.11 Å². The molecule has 0 saturated carbocycles. The Balaban J connectivity index is 2.07. The zero-order chi connectivity index (χ0) is 13.2. The van der Waals surface area contributed by atoms with Crippen molar-refractivity contribution in [2.24, 2.45) is 0 Å². The molecule has 2 nitrogen and oxygen atoms in total. The minimum atomic E-state index is -4.32. The van der Waals surface area contributed by atoms with E-state index in [0.717, 1.165) is 12.1 Å². The number of hydrogen-bond donors (Lipinski definition) is 1. The summed E-state index contributed by atoms with van der Waals surface area (Å²) in [5, 5.41) is 9.84. The van der Waals surface area contributed by atoms with Crippen molar-refractivity contribution < 1.29 is 18.3 Å². The molecule has 0 saturated heterocycles. The van der Waals surface area contributed by atoms with Crippen LogP contribution in [0.3, 0.4) is 0 Å².